The fourth-order valence-corrected chi connectivity index (χ4v) is 3.81. The van der Waals surface area contributed by atoms with E-state index in [9.17, 15) is 4.79 Å². The zero-order valence-electron chi connectivity index (χ0n) is 10.0. The molecule has 2 aliphatic rings. The first-order chi connectivity index (χ1) is 7.76. The van der Waals surface area contributed by atoms with Crippen LogP contribution in [0.15, 0.2) is 0 Å². The fraction of sp³-hybridized carbons (Fsp3) is 0.923. The van der Waals surface area contributed by atoms with Crippen LogP contribution in [0.25, 0.3) is 0 Å². The summed E-state index contributed by atoms with van der Waals surface area (Å²) in [4.78, 5) is 14.0. The van der Waals surface area contributed by atoms with Crippen LogP contribution in [0.4, 0.5) is 0 Å². The van der Waals surface area contributed by atoms with E-state index in [1.54, 1.807) is 0 Å². The highest BCUT2D eigenvalue weighted by atomic mass is 79.9. The second-order valence-electron chi connectivity index (χ2n) is 5.47. The molecule has 0 aromatic carbocycles. The average molecular weight is 288 g/mol. The van der Waals surface area contributed by atoms with Gasteiger partial charge in [0.1, 0.15) is 0 Å². The molecule has 1 saturated heterocycles. The monoisotopic (exact) mass is 287 g/mol. The van der Waals surface area contributed by atoms with Crippen molar-refractivity contribution in [2.75, 3.05) is 18.4 Å². The molecular weight excluding hydrogens is 266 g/mol. The van der Waals surface area contributed by atoms with Crippen molar-refractivity contribution < 1.29 is 4.79 Å². The third-order valence-corrected chi connectivity index (χ3v) is 5.33. The van der Waals surface area contributed by atoms with E-state index >= 15 is 0 Å². The Labute approximate surface area is 107 Å². The minimum atomic E-state index is 0.380. The van der Waals surface area contributed by atoms with Crippen LogP contribution in [0, 0.1) is 5.41 Å². The molecular formula is C13H22BrNO. The molecule has 2 fully saturated rings. The molecule has 1 amide bonds. The Bertz CT molecular complexity index is 248. The van der Waals surface area contributed by atoms with Gasteiger partial charge in [-0.15, -0.1) is 0 Å². The van der Waals surface area contributed by atoms with Crippen molar-refractivity contribution in [3.63, 3.8) is 0 Å². The van der Waals surface area contributed by atoms with Crippen LogP contribution < -0.4 is 0 Å². The summed E-state index contributed by atoms with van der Waals surface area (Å²) in [5.41, 5.74) is 0.380. The molecule has 1 aliphatic heterocycles. The maximum atomic E-state index is 11.8. The van der Waals surface area contributed by atoms with Gasteiger partial charge in [-0.25, -0.2) is 0 Å². The number of carbonyl (C=O) groups is 1. The first kappa shape index (κ1) is 12.4. The third kappa shape index (κ3) is 2.79. The summed E-state index contributed by atoms with van der Waals surface area (Å²) in [5, 5.41) is 1.06. The van der Waals surface area contributed by atoms with Crippen LogP contribution in [-0.2, 0) is 4.79 Å². The number of piperidine rings is 1. The first-order valence-corrected chi connectivity index (χ1v) is 7.72. The Hall–Kier alpha value is -0.0500. The van der Waals surface area contributed by atoms with Gasteiger partial charge in [-0.2, -0.15) is 0 Å². The lowest BCUT2D eigenvalue weighted by atomic mass is 9.75. The molecule has 16 heavy (non-hydrogen) atoms. The fourth-order valence-electron chi connectivity index (χ4n) is 3.07. The highest BCUT2D eigenvalue weighted by Crippen LogP contribution is 2.39. The Morgan fingerprint density at radius 1 is 1.12 bits per heavy atom. The van der Waals surface area contributed by atoms with Crippen LogP contribution >= 0.6 is 15.9 Å². The summed E-state index contributed by atoms with van der Waals surface area (Å²) >= 11 is 3.68. The van der Waals surface area contributed by atoms with Crippen LogP contribution in [0.5, 0.6) is 0 Å². The molecule has 92 valence electrons. The summed E-state index contributed by atoms with van der Waals surface area (Å²) in [7, 11) is 0. The second-order valence-corrected chi connectivity index (χ2v) is 6.03. The lowest BCUT2D eigenvalue weighted by molar-refractivity contribution is -0.135. The quantitative estimate of drug-likeness (QED) is 0.729. The highest BCUT2D eigenvalue weighted by molar-refractivity contribution is 9.09. The predicted molar refractivity (Wildman–Crippen MR) is 69.7 cm³/mol. The number of nitrogens with zero attached hydrogens (tertiary/aromatic N) is 1. The number of carbonyl (C=O) groups excluding carboxylic acids is 1. The van der Waals surface area contributed by atoms with E-state index in [1.807, 2.05) is 0 Å². The lowest BCUT2D eigenvalue weighted by Gasteiger charge is -2.41. The van der Waals surface area contributed by atoms with Crippen molar-refractivity contribution in [1.82, 2.24) is 4.90 Å². The maximum Gasteiger partial charge on any atom is 0.222 e. The van der Waals surface area contributed by atoms with E-state index < -0.39 is 0 Å². The topological polar surface area (TPSA) is 20.3 Å². The number of hydrogen-bond donors (Lipinski definition) is 0. The largest absolute Gasteiger partial charge is 0.342 e. The summed E-state index contributed by atoms with van der Waals surface area (Å²) in [6.07, 6.45) is 9.72. The first-order valence-electron chi connectivity index (χ1n) is 6.60. The third-order valence-electron chi connectivity index (χ3n) is 4.15. The van der Waals surface area contributed by atoms with Gasteiger partial charge in [-0.3, -0.25) is 4.79 Å². The molecule has 2 rings (SSSR count). The van der Waals surface area contributed by atoms with E-state index in [4.69, 9.17) is 0 Å². The molecule has 0 bridgehead atoms. The van der Waals surface area contributed by atoms with E-state index in [0.717, 1.165) is 31.3 Å². The zero-order valence-corrected chi connectivity index (χ0v) is 11.6. The molecule has 1 saturated carbocycles. The van der Waals surface area contributed by atoms with Crippen molar-refractivity contribution in [2.24, 2.45) is 5.41 Å². The number of alkyl halides is 1. The second kappa shape index (κ2) is 5.52. The standard InChI is InChI=1S/C13H22BrNO/c14-10-13(7-3-1-4-8-13)11-15-9-5-2-6-12(15)16/h1-11H2. The van der Waals surface area contributed by atoms with E-state index in [-0.39, 0.29) is 0 Å². The number of hydrogen-bond acceptors (Lipinski definition) is 1. The minimum absolute atomic E-state index is 0.380. The van der Waals surface area contributed by atoms with E-state index in [0.29, 0.717) is 11.3 Å². The Kier molecular flexibility index (Phi) is 4.28. The molecule has 1 aliphatic carbocycles. The lowest BCUT2D eigenvalue weighted by Crippen LogP contribution is -2.45. The molecule has 0 aromatic heterocycles. The van der Waals surface area contributed by atoms with Crippen molar-refractivity contribution in [1.29, 1.82) is 0 Å². The molecule has 0 atom stereocenters. The van der Waals surface area contributed by atoms with Gasteiger partial charge in [-0.1, -0.05) is 35.2 Å². The molecule has 0 spiro atoms. The van der Waals surface area contributed by atoms with Gasteiger partial charge < -0.3 is 4.90 Å². The molecule has 2 nitrogen and oxygen atoms in total. The number of amides is 1. The normalized spacial score (nSPS) is 25.8. The number of rotatable bonds is 3. The number of likely N-dealkylation sites (tertiary alicyclic amines) is 1. The van der Waals surface area contributed by atoms with Crippen LogP contribution in [0.3, 0.4) is 0 Å². The van der Waals surface area contributed by atoms with Crippen molar-refractivity contribution >= 4 is 21.8 Å². The Morgan fingerprint density at radius 3 is 2.50 bits per heavy atom. The van der Waals surface area contributed by atoms with Gasteiger partial charge in [0.25, 0.3) is 0 Å². The van der Waals surface area contributed by atoms with Crippen LogP contribution in [-0.4, -0.2) is 29.2 Å². The van der Waals surface area contributed by atoms with Crippen LogP contribution in [0.1, 0.15) is 51.4 Å². The minimum Gasteiger partial charge on any atom is -0.342 e. The summed E-state index contributed by atoms with van der Waals surface area (Å²) in [5.74, 6) is 0.386. The highest BCUT2D eigenvalue weighted by Gasteiger charge is 2.34. The summed E-state index contributed by atoms with van der Waals surface area (Å²) < 4.78 is 0. The number of halogens is 1. The van der Waals surface area contributed by atoms with Gasteiger partial charge in [0, 0.05) is 24.8 Å². The van der Waals surface area contributed by atoms with Gasteiger partial charge >= 0.3 is 0 Å². The molecule has 0 aromatic rings. The Morgan fingerprint density at radius 2 is 1.88 bits per heavy atom. The van der Waals surface area contributed by atoms with Gasteiger partial charge in [0.2, 0.25) is 5.91 Å². The Balaban J connectivity index is 1.96. The smallest absolute Gasteiger partial charge is 0.222 e. The van der Waals surface area contributed by atoms with Gasteiger partial charge in [0.15, 0.2) is 0 Å². The predicted octanol–water partition coefficient (Wildman–Crippen LogP) is 3.34. The van der Waals surface area contributed by atoms with Gasteiger partial charge in [0.05, 0.1) is 0 Å². The molecule has 0 N–H and O–H groups in total. The summed E-state index contributed by atoms with van der Waals surface area (Å²) in [6, 6.07) is 0. The molecule has 0 unspecified atom stereocenters. The molecule has 1 heterocycles. The molecule has 3 heteroatoms. The van der Waals surface area contributed by atoms with Crippen LogP contribution in [0.2, 0.25) is 0 Å². The van der Waals surface area contributed by atoms with E-state index in [2.05, 4.69) is 20.8 Å². The summed E-state index contributed by atoms with van der Waals surface area (Å²) in [6.45, 7) is 1.99. The van der Waals surface area contributed by atoms with Crippen molar-refractivity contribution in [3.8, 4) is 0 Å². The van der Waals surface area contributed by atoms with Gasteiger partial charge in [-0.05, 0) is 31.1 Å². The van der Waals surface area contributed by atoms with Crippen molar-refractivity contribution in [2.45, 2.75) is 51.4 Å². The maximum absolute atomic E-state index is 11.8. The average Bonchev–Trinajstić information content (AvgIpc) is 2.33. The zero-order chi connectivity index (χ0) is 11.4. The SMILES string of the molecule is O=C1CCCCN1CC1(CBr)CCCCC1. The van der Waals surface area contributed by atoms with Crippen molar-refractivity contribution in [3.05, 3.63) is 0 Å². The van der Waals surface area contributed by atoms with E-state index in [1.165, 1.54) is 38.5 Å². The molecule has 0 radical (unpaired) electrons.